The Kier molecular flexibility index (Phi) is 9.42. The number of ketones is 1. The van der Waals surface area contributed by atoms with Crippen molar-refractivity contribution in [2.45, 2.75) is 59.7 Å². The number of hydrogen-bond acceptors (Lipinski definition) is 8. The van der Waals surface area contributed by atoms with Crippen LogP contribution < -0.4 is 10.6 Å². The van der Waals surface area contributed by atoms with Gasteiger partial charge in [0.2, 0.25) is 17.7 Å². The third-order valence-corrected chi connectivity index (χ3v) is 8.62. The number of carbonyl (C=O) groups excluding carboxylic acids is 4. The Balaban J connectivity index is 1.52. The van der Waals surface area contributed by atoms with Crippen molar-refractivity contribution in [3.63, 3.8) is 0 Å². The van der Waals surface area contributed by atoms with Gasteiger partial charge in [-0.15, -0.1) is 6.58 Å². The highest BCUT2D eigenvalue weighted by Crippen LogP contribution is 2.34. The number of carbonyl (C=O) groups is 4. The fraction of sp³-hybridized carbons (Fsp3) is 0.333. The third-order valence-electron chi connectivity index (χ3n) is 8.18. The van der Waals surface area contributed by atoms with Gasteiger partial charge >= 0.3 is 0 Å². The van der Waals surface area contributed by atoms with Gasteiger partial charge in [0.1, 0.15) is 34.5 Å². The van der Waals surface area contributed by atoms with Gasteiger partial charge in [-0.25, -0.2) is 15.0 Å². The van der Waals surface area contributed by atoms with E-state index in [1.54, 1.807) is 31.5 Å². The second-order valence-corrected chi connectivity index (χ2v) is 12.3. The van der Waals surface area contributed by atoms with Crippen LogP contribution in [0.25, 0.3) is 22.0 Å². The second-order valence-electron chi connectivity index (χ2n) is 11.5. The summed E-state index contributed by atoms with van der Waals surface area (Å²) in [6.45, 7) is 12.4. The van der Waals surface area contributed by atoms with Gasteiger partial charge in [-0.1, -0.05) is 12.1 Å². The van der Waals surface area contributed by atoms with E-state index in [2.05, 4.69) is 53.2 Å². The molecule has 3 amide bonds. The van der Waals surface area contributed by atoms with Crippen molar-refractivity contribution in [2.75, 3.05) is 11.9 Å². The Labute approximate surface area is 274 Å². The Bertz CT molecular complexity index is 1870. The van der Waals surface area contributed by atoms with Crippen LogP contribution >= 0.6 is 15.9 Å². The van der Waals surface area contributed by atoms with Crippen LogP contribution in [0.2, 0.25) is 0 Å². The summed E-state index contributed by atoms with van der Waals surface area (Å²) in [4.78, 5) is 67.0. The first kappa shape index (κ1) is 32.6. The van der Waals surface area contributed by atoms with Crippen LogP contribution in [0.15, 0.2) is 53.9 Å². The van der Waals surface area contributed by atoms with Gasteiger partial charge in [-0.2, -0.15) is 5.10 Å². The molecule has 2 N–H and O–H groups in total. The normalized spacial score (nSPS) is 17.6. The summed E-state index contributed by atoms with van der Waals surface area (Å²) < 4.78 is 2.08. The van der Waals surface area contributed by atoms with Crippen molar-refractivity contribution in [1.82, 2.24) is 34.9 Å². The van der Waals surface area contributed by atoms with Crippen molar-refractivity contribution in [2.24, 2.45) is 5.92 Å². The summed E-state index contributed by atoms with van der Waals surface area (Å²) in [6, 6.07) is 5.98. The smallest absolute Gasteiger partial charge is 0.248 e. The average molecular weight is 688 g/mol. The largest absolute Gasteiger partial charge is 0.356 e. The number of halogens is 1. The van der Waals surface area contributed by atoms with E-state index in [-0.39, 0.29) is 42.3 Å². The fourth-order valence-corrected chi connectivity index (χ4v) is 6.29. The molecule has 1 fully saturated rings. The molecule has 0 aliphatic carbocycles. The minimum atomic E-state index is -0.877. The molecule has 5 rings (SSSR count). The van der Waals surface area contributed by atoms with Gasteiger partial charge in [-0.3, -0.25) is 23.9 Å². The first-order chi connectivity index (χ1) is 21.9. The molecule has 0 unspecified atom stereocenters. The maximum absolute atomic E-state index is 14.2. The Morgan fingerprint density at radius 1 is 1.04 bits per heavy atom. The summed E-state index contributed by atoms with van der Waals surface area (Å²) in [5, 5.41) is 10.9. The zero-order chi connectivity index (χ0) is 33.3. The molecule has 3 atom stereocenters. The van der Waals surface area contributed by atoms with E-state index >= 15 is 0 Å². The summed E-state index contributed by atoms with van der Waals surface area (Å²) in [7, 11) is 0. The first-order valence-electron chi connectivity index (χ1n) is 14.8. The molecular weight excluding hydrogens is 652 g/mol. The maximum Gasteiger partial charge on any atom is 0.248 e. The Morgan fingerprint density at radius 2 is 1.76 bits per heavy atom. The van der Waals surface area contributed by atoms with Crippen molar-refractivity contribution in [3.8, 4) is 11.1 Å². The molecular formula is C33H35BrN8O4. The van der Waals surface area contributed by atoms with Gasteiger partial charge in [0.15, 0.2) is 5.78 Å². The number of aryl methyl sites for hydroxylation is 3. The monoisotopic (exact) mass is 686 g/mol. The predicted molar refractivity (Wildman–Crippen MR) is 177 cm³/mol. The molecule has 46 heavy (non-hydrogen) atoms. The van der Waals surface area contributed by atoms with Crippen LogP contribution in [0, 0.1) is 26.7 Å². The standard InChI is InChI=1S/C33H35BrN8O4/c1-7-26-23(13-37-21(6)44)12-27(33(46)39-32-17(2)8-9-28(34)38-32)42(26)29(45)16-41-31-18(3)10-22(24-14-35-20(5)36-15-24)11-25(31)30(40-41)19(4)43/h7-11,14-15,23,26-27H,1,12-13,16H2,2-6H3,(H,37,44)(H,38,39,46)/t23-,26-,27+/m1/s1. The summed E-state index contributed by atoms with van der Waals surface area (Å²) in [5.41, 5.74) is 4.03. The lowest BCUT2D eigenvalue weighted by Crippen LogP contribution is -2.48. The van der Waals surface area contributed by atoms with Crippen LogP contribution in [0.5, 0.6) is 0 Å². The first-order valence-corrected chi connectivity index (χ1v) is 15.6. The molecule has 1 aromatic carbocycles. The van der Waals surface area contributed by atoms with Crippen LogP contribution in [0.4, 0.5) is 5.82 Å². The molecule has 4 aromatic rings. The second kappa shape index (κ2) is 13.3. The van der Waals surface area contributed by atoms with Crippen LogP contribution in [0.1, 0.15) is 47.7 Å². The van der Waals surface area contributed by atoms with Crippen LogP contribution in [-0.2, 0) is 20.9 Å². The number of nitrogens with zero attached hydrogens (tertiary/aromatic N) is 6. The summed E-state index contributed by atoms with van der Waals surface area (Å²) in [5.74, 6) is -0.495. The van der Waals surface area contributed by atoms with Gasteiger partial charge < -0.3 is 15.5 Å². The molecule has 0 bridgehead atoms. The fourth-order valence-electron chi connectivity index (χ4n) is 5.98. The number of aromatic nitrogens is 5. The average Bonchev–Trinajstić information content (AvgIpc) is 3.57. The van der Waals surface area contributed by atoms with Crippen molar-refractivity contribution < 1.29 is 19.2 Å². The number of likely N-dealkylation sites (tertiary alicyclic amines) is 1. The number of Topliss-reactive ketones (excluding diaryl/α,β-unsaturated/α-hetero) is 1. The molecule has 1 aliphatic heterocycles. The number of rotatable bonds is 9. The Hall–Kier alpha value is -4.78. The number of fused-ring (bicyclic) bond motifs is 1. The van der Waals surface area contributed by atoms with Crippen LogP contribution in [0.3, 0.4) is 0 Å². The lowest BCUT2D eigenvalue weighted by atomic mass is 9.98. The lowest BCUT2D eigenvalue weighted by molar-refractivity contribution is -0.138. The van der Waals surface area contributed by atoms with Crippen molar-refractivity contribution in [1.29, 1.82) is 0 Å². The number of nitrogens with one attached hydrogen (secondary N) is 2. The van der Waals surface area contributed by atoms with Crippen molar-refractivity contribution >= 4 is 56.2 Å². The highest BCUT2D eigenvalue weighted by Gasteiger charge is 2.46. The van der Waals surface area contributed by atoms with Gasteiger partial charge in [0.25, 0.3) is 0 Å². The van der Waals surface area contributed by atoms with E-state index < -0.39 is 18.0 Å². The highest BCUT2D eigenvalue weighted by molar-refractivity contribution is 9.10. The van der Waals surface area contributed by atoms with E-state index in [4.69, 9.17) is 0 Å². The number of benzene rings is 1. The zero-order valence-electron chi connectivity index (χ0n) is 26.3. The van der Waals surface area contributed by atoms with E-state index in [1.165, 1.54) is 23.4 Å². The summed E-state index contributed by atoms with van der Waals surface area (Å²) in [6.07, 6.45) is 5.37. The van der Waals surface area contributed by atoms with E-state index in [0.717, 1.165) is 22.3 Å². The molecule has 0 radical (unpaired) electrons. The third kappa shape index (κ3) is 6.59. The molecule has 238 valence electrons. The predicted octanol–water partition coefficient (Wildman–Crippen LogP) is 4.33. The van der Waals surface area contributed by atoms with Gasteiger partial charge in [0.05, 0.1) is 11.6 Å². The molecule has 12 nitrogen and oxygen atoms in total. The van der Waals surface area contributed by atoms with E-state index in [1.807, 2.05) is 32.0 Å². The minimum Gasteiger partial charge on any atom is -0.356 e. The van der Waals surface area contributed by atoms with E-state index in [0.29, 0.717) is 33.6 Å². The SMILES string of the molecule is C=C[C@@H]1[C@@H](CNC(C)=O)C[C@@H](C(=O)Nc2nc(Br)ccc2C)N1C(=O)Cn1nc(C(C)=O)c2cc(-c3cnc(C)nc3)cc(C)c21. The Morgan fingerprint density at radius 3 is 2.41 bits per heavy atom. The molecule has 0 spiro atoms. The molecule has 13 heteroatoms. The zero-order valence-corrected chi connectivity index (χ0v) is 27.9. The van der Waals surface area contributed by atoms with Gasteiger partial charge in [0, 0.05) is 49.7 Å². The summed E-state index contributed by atoms with van der Waals surface area (Å²) >= 11 is 3.34. The number of hydrogen-bond donors (Lipinski definition) is 2. The molecule has 1 saturated heterocycles. The number of pyridine rings is 1. The number of amides is 3. The molecule has 1 aliphatic rings. The van der Waals surface area contributed by atoms with Crippen LogP contribution in [-0.4, -0.2) is 71.8 Å². The number of anilines is 1. The lowest BCUT2D eigenvalue weighted by Gasteiger charge is -2.29. The highest BCUT2D eigenvalue weighted by atomic mass is 79.9. The quantitative estimate of drug-likeness (QED) is 0.150. The van der Waals surface area contributed by atoms with E-state index in [9.17, 15) is 19.2 Å². The van der Waals surface area contributed by atoms with Crippen molar-refractivity contribution in [3.05, 3.63) is 76.6 Å². The maximum atomic E-state index is 14.2. The molecule has 3 aromatic heterocycles. The van der Waals surface area contributed by atoms with Gasteiger partial charge in [-0.05, 0) is 78.0 Å². The minimum absolute atomic E-state index is 0.214. The topological polar surface area (TPSA) is 152 Å². The molecule has 0 saturated carbocycles. The molecule has 4 heterocycles.